The molecule has 2 rings (SSSR count). The lowest BCUT2D eigenvalue weighted by atomic mass is 9.99. The number of carbonyl (C=O) groups is 2. The van der Waals surface area contributed by atoms with E-state index in [2.05, 4.69) is 5.32 Å². The van der Waals surface area contributed by atoms with Gasteiger partial charge in [0.15, 0.2) is 0 Å². The highest BCUT2D eigenvalue weighted by molar-refractivity contribution is 5.80. The largest absolute Gasteiger partial charge is 0.481 e. The number of carbonyl (C=O) groups excluding carboxylic acids is 1. The van der Waals surface area contributed by atoms with Crippen molar-refractivity contribution in [3.63, 3.8) is 0 Å². The van der Waals surface area contributed by atoms with Crippen LogP contribution in [-0.2, 0) is 4.79 Å². The maximum Gasteiger partial charge on any atom is 0.317 e. The molecule has 3 N–H and O–H groups in total. The lowest BCUT2D eigenvalue weighted by Gasteiger charge is -2.32. The Morgan fingerprint density at radius 1 is 1.39 bits per heavy atom. The van der Waals surface area contributed by atoms with Gasteiger partial charge in [-0.2, -0.15) is 0 Å². The minimum atomic E-state index is -0.824. The Labute approximate surface area is 106 Å². The molecule has 1 aliphatic carbocycles. The molecule has 0 bridgehead atoms. The maximum absolute atomic E-state index is 11.9. The van der Waals surface area contributed by atoms with Gasteiger partial charge in [-0.3, -0.25) is 4.79 Å². The first-order chi connectivity index (χ1) is 8.57. The number of nitrogens with zero attached hydrogens (tertiary/aromatic N) is 1. The summed E-state index contributed by atoms with van der Waals surface area (Å²) < 4.78 is 0. The summed E-state index contributed by atoms with van der Waals surface area (Å²) in [6, 6.07) is -0.208. The summed E-state index contributed by atoms with van der Waals surface area (Å²) in [6.07, 6.45) is 3.12. The van der Waals surface area contributed by atoms with Gasteiger partial charge in [-0.15, -0.1) is 0 Å². The van der Waals surface area contributed by atoms with Crippen molar-refractivity contribution in [3.8, 4) is 0 Å². The van der Waals surface area contributed by atoms with Crippen molar-refractivity contribution in [1.82, 2.24) is 10.2 Å². The van der Waals surface area contributed by atoms with Crippen molar-refractivity contribution >= 4 is 12.0 Å². The molecular weight excluding hydrogens is 236 g/mol. The third-order valence-corrected chi connectivity index (χ3v) is 3.95. The van der Waals surface area contributed by atoms with Crippen molar-refractivity contribution in [3.05, 3.63) is 0 Å². The zero-order valence-electron chi connectivity index (χ0n) is 10.4. The van der Waals surface area contributed by atoms with Crippen molar-refractivity contribution in [1.29, 1.82) is 0 Å². The van der Waals surface area contributed by atoms with Gasteiger partial charge in [-0.1, -0.05) is 0 Å². The predicted octanol–water partition coefficient (Wildman–Crippen LogP) is 0.265. The van der Waals surface area contributed by atoms with Crippen LogP contribution in [0.25, 0.3) is 0 Å². The van der Waals surface area contributed by atoms with E-state index < -0.39 is 11.4 Å². The number of nitrogens with one attached hydrogen (secondary N) is 1. The first kappa shape index (κ1) is 13.1. The molecule has 0 spiro atoms. The summed E-state index contributed by atoms with van der Waals surface area (Å²) in [4.78, 5) is 24.5. The molecule has 1 atom stereocenters. The Hall–Kier alpha value is -1.30. The van der Waals surface area contributed by atoms with Gasteiger partial charge in [-0.25, -0.2) is 4.79 Å². The van der Waals surface area contributed by atoms with Gasteiger partial charge >= 0.3 is 12.0 Å². The molecule has 1 saturated heterocycles. The van der Waals surface area contributed by atoms with E-state index in [4.69, 9.17) is 10.2 Å². The van der Waals surface area contributed by atoms with Crippen LogP contribution in [0, 0.1) is 11.3 Å². The zero-order valence-corrected chi connectivity index (χ0v) is 10.4. The molecule has 0 aromatic carbocycles. The van der Waals surface area contributed by atoms with Crippen LogP contribution in [0.2, 0.25) is 0 Å². The summed E-state index contributed by atoms with van der Waals surface area (Å²) in [5.41, 5.74) is -0.720. The number of aliphatic hydroxyl groups is 1. The fourth-order valence-corrected chi connectivity index (χ4v) is 2.37. The number of hydrogen-bond acceptors (Lipinski definition) is 3. The molecule has 2 aliphatic rings. The van der Waals surface area contributed by atoms with Crippen LogP contribution >= 0.6 is 0 Å². The Kier molecular flexibility index (Phi) is 3.75. The van der Waals surface area contributed by atoms with Crippen molar-refractivity contribution < 1.29 is 19.8 Å². The second-order valence-electron chi connectivity index (χ2n) is 5.38. The molecule has 2 amide bonds. The molecule has 1 unspecified atom stereocenters. The molecule has 0 radical (unpaired) electrons. The van der Waals surface area contributed by atoms with Gasteiger partial charge in [0, 0.05) is 26.2 Å². The Morgan fingerprint density at radius 3 is 2.67 bits per heavy atom. The molecule has 1 saturated carbocycles. The molecule has 1 aliphatic heterocycles. The van der Waals surface area contributed by atoms with Crippen molar-refractivity contribution in [2.75, 3.05) is 26.2 Å². The van der Waals surface area contributed by atoms with Gasteiger partial charge in [0.1, 0.15) is 0 Å². The minimum absolute atomic E-state index is 0.100. The predicted molar refractivity (Wildman–Crippen MR) is 64.1 cm³/mol. The highest BCUT2D eigenvalue weighted by atomic mass is 16.4. The third kappa shape index (κ3) is 2.75. The maximum atomic E-state index is 11.9. The van der Waals surface area contributed by atoms with Crippen molar-refractivity contribution in [2.24, 2.45) is 11.3 Å². The number of aliphatic carboxylic acids is 1. The Balaban J connectivity index is 1.79. The van der Waals surface area contributed by atoms with Crippen LogP contribution < -0.4 is 5.32 Å². The molecule has 0 aromatic heterocycles. The van der Waals surface area contributed by atoms with E-state index in [0.717, 1.165) is 12.8 Å². The molecule has 1 heterocycles. The number of hydrogen-bond donors (Lipinski definition) is 3. The number of piperidine rings is 1. The van der Waals surface area contributed by atoms with E-state index in [-0.39, 0.29) is 25.1 Å². The van der Waals surface area contributed by atoms with Gasteiger partial charge in [0.2, 0.25) is 0 Å². The average Bonchev–Trinajstić information content (AvgIpc) is 3.17. The van der Waals surface area contributed by atoms with E-state index in [9.17, 15) is 9.59 Å². The fraction of sp³-hybridized carbons (Fsp3) is 0.833. The number of carboxylic acids is 1. The minimum Gasteiger partial charge on any atom is -0.481 e. The topological polar surface area (TPSA) is 89.9 Å². The summed E-state index contributed by atoms with van der Waals surface area (Å²) in [7, 11) is 0. The molecule has 18 heavy (non-hydrogen) atoms. The second-order valence-corrected chi connectivity index (χ2v) is 5.38. The van der Waals surface area contributed by atoms with Crippen LogP contribution in [-0.4, -0.2) is 53.4 Å². The molecule has 0 aromatic rings. The van der Waals surface area contributed by atoms with E-state index in [1.807, 2.05) is 0 Å². The summed E-state index contributed by atoms with van der Waals surface area (Å²) in [5, 5.41) is 20.8. The summed E-state index contributed by atoms with van der Waals surface area (Å²) >= 11 is 0. The average molecular weight is 256 g/mol. The number of amides is 2. The third-order valence-electron chi connectivity index (χ3n) is 3.95. The molecule has 6 heteroatoms. The number of urea groups is 1. The fourth-order valence-electron chi connectivity index (χ4n) is 2.37. The number of likely N-dealkylation sites (tertiary alicyclic amines) is 1. The first-order valence-corrected chi connectivity index (χ1v) is 6.44. The lowest BCUT2D eigenvalue weighted by Crippen LogP contribution is -2.48. The van der Waals surface area contributed by atoms with E-state index in [1.54, 1.807) is 4.90 Å². The standard InChI is InChI=1S/C12H20N2O4/c15-7-9-2-1-5-14(6-9)11(18)13-8-12(3-4-12)10(16)17/h9,15H,1-8H2,(H,13,18)(H,16,17). The van der Waals surface area contributed by atoms with E-state index in [0.29, 0.717) is 25.9 Å². The summed E-state index contributed by atoms with van der Waals surface area (Å²) in [5.74, 6) is -0.673. The number of aliphatic hydroxyl groups excluding tert-OH is 1. The first-order valence-electron chi connectivity index (χ1n) is 6.44. The normalized spacial score (nSPS) is 25.6. The van der Waals surface area contributed by atoms with Gasteiger partial charge in [0.05, 0.1) is 5.41 Å². The molecule has 102 valence electrons. The smallest absolute Gasteiger partial charge is 0.317 e. The van der Waals surface area contributed by atoms with Crippen LogP contribution in [0.1, 0.15) is 25.7 Å². The van der Waals surface area contributed by atoms with Gasteiger partial charge < -0.3 is 20.4 Å². The molecule has 6 nitrogen and oxygen atoms in total. The summed E-state index contributed by atoms with van der Waals surface area (Å²) in [6.45, 7) is 1.55. The van der Waals surface area contributed by atoms with Crippen molar-refractivity contribution in [2.45, 2.75) is 25.7 Å². The quantitative estimate of drug-likeness (QED) is 0.673. The Bertz CT molecular complexity index is 341. The van der Waals surface area contributed by atoms with Gasteiger partial charge in [-0.05, 0) is 31.6 Å². The molecular formula is C12H20N2O4. The van der Waals surface area contributed by atoms with Crippen LogP contribution in [0.15, 0.2) is 0 Å². The van der Waals surface area contributed by atoms with E-state index in [1.165, 1.54) is 0 Å². The molecule has 2 fully saturated rings. The highest BCUT2D eigenvalue weighted by Gasteiger charge is 2.50. The highest BCUT2D eigenvalue weighted by Crippen LogP contribution is 2.45. The number of carboxylic acid groups (broad SMARTS) is 1. The Morgan fingerprint density at radius 2 is 2.11 bits per heavy atom. The van der Waals surface area contributed by atoms with Gasteiger partial charge in [0.25, 0.3) is 0 Å². The number of rotatable bonds is 4. The van der Waals surface area contributed by atoms with Crippen LogP contribution in [0.4, 0.5) is 4.79 Å². The zero-order chi connectivity index (χ0) is 13.2. The van der Waals surface area contributed by atoms with Crippen LogP contribution in [0.3, 0.4) is 0 Å². The lowest BCUT2D eigenvalue weighted by molar-refractivity contribution is -0.143. The van der Waals surface area contributed by atoms with Crippen LogP contribution in [0.5, 0.6) is 0 Å². The SMILES string of the molecule is O=C(NCC1(C(=O)O)CC1)N1CCCC(CO)C1. The second kappa shape index (κ2) is 5.14. The monoisotopic (exact) mass is 256 g/mol. The van der Waals surface area contributed by atoms with E-state index >= 15 is 0 Å².